The number of rotatable bonds is 4. The summed E-state index contributed by atoms with van der Waals surface area (Å²) in [6, 6.07) is 6.94. The fourth-order valence-electron chi connectivity index (χ4n) is 1.38. The topological polar surface area (TPSA) is 75.9 Å². The molecule has 0 aliphatic rings. The summed E-state index contributed by atoms with van der Waals surface area (Å²) in [6.45, 7) is 0. The molecular formula is C11H11Cl2N5S. The molecule has 1 heterocycles. The molecule has 4 N–H and O–H groups in total. The van der Waals surface area contributed by atoms with Gasteiger partial charge in [0, 0.05) is 11.8 Å². The number of aromatic nitrogens is 2. The van der Waals surface area contributed by atoms with E-state index in [9.17, 15) is 0 Å². The second-order valence-corrected chi connectivity index (χ2v) is 5.11. The van der Waals surface area contributed by atoms with Crippen LogP contribution >= 0.6 is 35.0 Å². The molecule has 0 aliphatic heterocycles. The molecule has 2 rings (SSSR count). The zero-order chi connectivity index (χ0) is 13.8. The SMILES string of the molecule is CSc1nc(NN)cc(Nc2ccc(Cl)c(Cl)c2)n1. The third kappa shape index (κ3) is 3.63. The third-order valence-electron chi connectivity index (χ3n) is 2.23. The van der Waals surface area contributed by atoms with E-state index < -0.39 is 0 Å². The summed E-state index contributed by atoms with van der Waals surface area (Å²) in [7, 11) is 0. The van der Waals surface area contributed by atoms with Crippen molar-refractivity contribution in [3.8, 4) is 0 Å². The first kappa shape index (κ1) is 14.2. The summed E-state index contributed by atoms with van der Waals surface area (Å²) in [5.74, 6) is 6.51. The Morgan fingerprint density at radius 1 is 1.11 bits per heavy atom. The average Bonchev–Trinajstić information content (AvgIpc) is 2.42. The van der Waals surface area contributed by atoms with E-state index in [1.54, 1.807) is 18.2 Å². The van der Waals surface area contributed by atoms with Crippen LogP contribution < -0.4 is 16.6 Å². The Morgan fingerprint density at radius 2 is 1.84 bits per heavy atom. The predicted molar refractivity (Wildman–Crippen MR) is 81.4 cm³/mol. The molecule has 0 fully saturated rings. The van der Waals surface area contributed by atoms with Crippen LogP contribution in [0.4, 0.5) is 17.3 Å². The Labute approximate surface area is 124 Å². The maximum absolute atomic E-state index is 5.96. The van der Waals surface area contributed by atoms with Gasteiger partial charge in [0.05, 0.1) is 10.0 Å². The Balaban J connectivity index is 2.29. The molecule has 0 saturated heterocycles. The smallest absolute Gasteiger partial charge is 0.191 e. The van der Waals surface area contributed by atoms with Gasteiger partial charge in [-0.2, -0.15) is 0 Å². The lowest BCUT2D eigenvalue weighted by atomic mass is 10.3. The number of thioether (sulfide) groups is 1. The Morgan fingerprint density at radius 3 is 2.47 bits per heavy atom. The molecule has 8 heteroatoms. The molecule has 0 atom stereocenters. The first-order valence-corrected chi connectivity index (χ1v) is 7.22. The van der Waals surface area contributed by atoms with Crippen LogP contribution in [0.25, 0.3) is 0 Å². The number of hydrogen-bond donors (Lipinski definition) is 3. The van der Waals surface area contributed by atoms with E-state index in [2.05, 4.69) is 20.7 Å². The fraction of sp³-hybridized carbons (Fsp3) is 0.0909. The summed E-state index contributed by atoms with van der Waals surface area (Å²) in [6.07, 6.45) is 1.89. The molecule has 0 bridgehead atoms. The summed E-state index contributed by atoms with van der Waals surface area (Å²) < 4.78 is 0. The number of hydrazine groups is 1. The van der Waals surface area contributed by atoms with Crippen molar-refractivity contribution >= 4 is 52.3 Å². The molecular weight excluding hydrogens is 305 g/mol. The Kier molecular flexibility index (Phi) is 4.71. The predicted octanol–water partition coefficient (Wildman–Crippen LogP) is 3.53. The van der Waals surface area contributed by atoms with Gasteiger partial charge in [0.2, 0.25) is 0 Å². The number of halogens is 2. The molecule has 0 unspecified atom stereocenters. The molecule has 0 radical (unpaired) electrons. The molecule has 5 nitrogen and oxygen atoms in total. The highest BCUT2D eigenvalue weighted by Gasteiger charge is 2.05. The molecule has 100 valence electrons. The zero-order valence-corrected chi connectivity index (χ0v) is 12.3. The lowest BCUT2D eigenvalue weighted by molar-refractivity contribution is 0.971. The van der Waals surface area contributed by atoms with Crippen molar-refractivity contribution in [3.63, 3.8) is 0 Å². The van der Waals surface area contributed by atoms with Gasteiger partial charge in [-0.1, -0.05) is 35.0 Å². The van der Waals surface area contributed by atoms with Crippen molar-refractivity contribution in [3.05, 3.63) is 34.3 Å². The van der Waals surface area contributed by atoms with Crippen molar-refractivity contribution in [2.45, 2.75) is 5.16 Å². The third-order valence-corrected chi connectivity index (χ3v) is 3.51. The minimum Gasteiger partial charge on any atom is -0.340 e. The Hall–Kier alpha value is -1.21. The summed E-state index contributed by atoms with van der Waals surface area (Å²) in [5.41, 5.74) is 3.28. The van der Waals surface area contributed by atoms with E-state index in [0.717, 1.165) is 5.69 Å². The maximum atomic E-state index is 5.96. The van der Waals surface area contributed by atoms with Crippen molar-refractivity contribution in [1.29, 1.82) is 0 Å². The highest BCUT2D eigenvalue weighted by Crippen LogP contribution is 2.27. The molecule has 0 saturated carbocycles. The van der Waals surface area contributed by atoms with Gasteiger partial charge in [-0.15, -0.1) is 0 Å². The van der Waals surface area contributed by atoms with Gasteiger partial charge in [0.15, 0.2) is 5.16 Å². The highest BCUT2D eigenvalue weighted by atomic mass is 35.5. The van der Waals surface area contributed by atoms with E-state index in [-0.39, 0.29) is 0 Å². The van der Waals surface area contributed by atoms with E-state index in [4.69, 9.17) is 29.0 Å². The van der Waals surface area contributed by atoms with Crippen LogP contribution in [0.3, 0.4) is 0 Å². The van der Waals surface area contributed by atoms with E-state index >= 15 is 0 Å². The first-order chi connectivity index (χ1) is 9.12. The number of nitrogens with zero attached hydrogens (tertiary/aromatic N) is 2. The normalized spacial score (nSPS) is 10.3. The van der Waals surface area contributed by atoms with Crippen LogP contribution in [0.1, 0.15) is 0 Å². The van der Waals surface area contributed by atoms with E-state index in [0.29, 0.717) is 26.8 Å². The lowest BCUT2D eigenvalue weighted by Crippen LogP contribution is -2.10. The van der Waals surface area contributed by atoms with Gasteiger partial charge in [-0.05, 0) is 24.5 Å². The van der Waals surface area contributed by atoms with Crippen LogP contribution in [-0.2, 0) is 0 Å². The summed E-state index contributed by atoms with van der Waals surface area (Å²) in [5, 5.41) is 4.71. The second-order valence-electron chi connectivity index (χ2n) is 3.52. The molecule has 0 spiro atoms. The Bertz CT molecular complexity index is 571. The van der Waals surface area contributed by atoms with Crippen LogP contribution in [0, 0.1) is 0 Å². The molecule has 0 amide bonds. The minimum atomic E-state index is 0.475. The number of benzene rings is 1. The lowest BCUT2D eigenvalue weighted by Gasteiger charge is -2.09. The quantitative estimate of drug-likeness (QED) is 0.347. The molecule has 1 aromatic heterocycles. The van der Waals surface area contributed by atoms with Gasteiger partial charge in [-0.25, -0.2) is 15.8 Å². The van der Waals surface area contributed by atoms with Crippen LogP contribution in [0.15, 0.2) is 29.4 Å². The monoisotopic (exact) mass is 315 g/mol. The standard InChI is InChI=1S/C11H11Cl2N5S/c1-19-11-16-9(5-10(17-11)18-14)15-6-2-3-7(12)8(13)4-6/h2-5H,14H2,1H3,(H2,15,16,17,18). The summed E-state index contributed by atoms with van der Waals surface area (Å²) >= 11 is 13.2. The van der Waals surface area contributed by atoms with Crippen molar-refractivity contribution in [1.82, 2.24) is 9.97 Å². The first-order valence-electron chi connectivity index (χ1n) is 5.24. The number of nitrogens with one attached hydrogen (secondary N) is 2. The fourth-order valence-corrected chi connectivity index (χ4v) is 2.05. The molecule has 19 heavy (non-hydrogen) atoms. The van der Waals surface area contributed by atoms with Gasteiger partial charge in [0.1, 0.15) is 11.6 Å². The van der Waals surface area contributed by atoms with Gasteiger partial charge in [-0.3, -0.25) is 0 Å². The van der Waals surface area contributed by atoms with Crippen LogP contribution in [-0.4, -0.2) is 16.2 Å². The minimum absolute atomic E-state index is 0.475. The largest absolute Gasteiger partial charge is 0.340 e. The second kappa shape index (κ2) is 6.29. The van der Waals surface area contributed by atoms with Crippen molar-refractivity contribution in [2.75, 3.05) is 17.0 Å². The van der Waals surface area contributed by atoms with Crippen LogP contribution in [0.2, 0.25) is 10.0 Å². The van der Waals surface area contributed by atoms with Gasteiger partial charge in [0.25, 0.3) is 0 Å². The summed E-state index contributed by atoms with van der Waals surface area (Å²) in [4.78, 5) is 8.49. The van der Waals surface area contributed by atoms with Crippen LogP contribution in [0.5, 0.6) is 0 Å². The van der Waals surface area contributed by atoms with E-state index in [1.165, 1.54) is 11.8 Å². The number of nitrogen functional groups attached to an aromatic ring is 1. The van der Waals surface area contributed by atoms with E-state index in [1.807, 2.05) is 12.3 Å². The number of nitrogens with two attached hydrogens (primary N) is 1. The van der Waals surface area contributed by atoms with Crippen molar-refractivity contribution < 1.29 is 0 Å². The van der Waals surface area contributed by atoms with Gasteiger partial charge < -0.3 is 10.7 Å². The maximum Gasteiger partial charge on any atom is 0.191 e. The molecule has 1 aromatic carbocycles. The number of anilines is 3. The van der Waals surface area contributed by atoms with Crippen molar-refractivity contribution in [2.24, 2.45) is 5.84 Å². The number of hydrogen-bond acceptors (Lipinski definition) is 6. The molecule has 0 aliphatic carbocycles. The highest BCUT2D eigenvalue weighted by molar-refractivity contribution is 7.98. The zero-order valence-electron chi connectivity index (χ0n) is 9.95. The average molecular weight is 316 g/mol. The molecule has 2 aromatic rings. The van der Waals surface area contributed by atoms with Gasteiger partial charge >= 0.3 is 0 Å².